The molecule has 1 unspecified atom stereocenters. The summed E-state index contributed by atoms with van der Waals surface area (Å²) in [6, 6.07) is 10.2. The molecule has 0 aliphatic heterocycles. The number of nitrogens with one attached hydrogen (secondary N) is 2. The molecule has 1 aromatic heterocycles. The highest BCUT2D eigenvalue weighted by Crippen LogP contribution is 2.26. The van der Waals surface area contributed by atoms with Crippen LogP contribution in [0.2, 0.25) is 5.02 Å². The van der Waals surface area contributed by atoms with Gasteiger partial charge in [0.25, 0.3) is 0 Å². The molecular formula is C20H27ClN3S+. The van der Waals surface area contributed by atoms with Crippen LogP contribution in [0.5, 0.6) is 0 Å². The van der Waals surface area contributed by atoms with Crippen LogP contribution in [0.4, 0.5) is 5.69 Å². The number of aromatic nitrogens is 1. The van der Waals surface area contributed by atoms with Gasteiger partial charge in [-0.05, 0) is 61.7 Å². The van der Waals surface area contributed by atoms with E-state index in [0.717, 1.165) is 34.4 Å². The van der Waals surface area contributed by atoms with E-state index >= 15 is 0 Å². The van der Waals surface area contributed by atoms with E-state index in [0.29, 0.717) is 5.92 Å². The first-order chi connectivity index (χ1) is 11.9. The van der Waals surface area contributed by atoms with Crippen molar-refractivity contribution in [1.82, 2.24) is 4.90 Å². The number of pyridine rings is 1. The number of rotatable bonds is 6. The fourth-order valence-corrected chi connectivity index (χ4v) is 3.19. The number of hydrogen-bond acceptors (Lipinski definition) is 1. The molecule has 5 heteroatoms. The topological polar surface area (TPSA) is 29.4 Å². The molecule has 1 heterocycles. The molecular weight excluding hydrogens is 350 g/mol. The Kier molecular flexibility index (Phi) is 7.21. The lowest BCUT2D eigenvalue weighted by Crippen LogP contribution is -2.38. The van der Waals surface area contributed by atoms with Crippen molar-refractivity contribution < 1.29 is 4.98 Å². The third-order valence-corrected chi connectivity index (χ3v) is 5.16. The van der Waals surface area contributed by atoms with E-state index in [1.807, 2.05) is 37.5 Å². The molecule has 0 spiro atoms. The predicted octanol–water partition coefficient (Wildman–Crippen LogP) is 5.27. The molecule has 0 radical (unpaired) electrons. The highest BCUT2D eigenvalue weighted by atomic mass is 35.5. The van der Waals surface area contributed by atoms with Crippen LogP contribution < -0.4 is 10.3 Å². The Labute approximate surface area is 161 Å². The van der Waals surface area contributed by atoms with Crippen molar-refractivity contribution >= 4 is 34.6 Å². The number of nitrogens with zero attached hydrogens (tertiary/aromatic N) is 1. The lowest BCUT2D eigenvalue weighted by molar-refractivity contribution is -0.378. The largest absolute Gasteiger partial charge is 0.342 e. The first kappa shape index (κ1) is 19.7. The Bertz CT molecular complexity index is 703. The summed E-state index contributed by atoms with van der Waals surface area (Å²) in [6.45, 7) is 9.56. The van der Waals surface area contributed by atoms with E-state index in [4.69, 9.17) is 23.8 Å². The van der Waals surface area contributed by atoms with Crippen LogP contribution >= 0.6 is 23.8 Å². The van der Waals surface area contributed by atoms with Gasteiger partial charge < -0.3 is 10.2 Å². The van der Waals surface area contributed by atoms with Crippen molar-refractivity contribution in [3.05, 3.63) is 58.9 Å². The molecule has 0 aliphatic carbocycles. The quantitative estimate of drug-likeness (QED) is 0.696. The zero-order valence-corrected chi connectivity index (χ0v) is 16.9. The second kappa shape index (κ2) is 9.16. The minimum Gasteiger partial charge on any atom is -0.342 e. The monoisotopic (exact) mass is 376 g/mol. The highest BCUT2D eigenvalue weighted by Gasteiger charge is 2.20. The minimum absolute atomic E-state index is 0.188. The number of anilines is 1. The maximum Gasteiger partial charge on any atom is 0.173 e. The van der Waals surface area contributed by atoms with Gasteiger partial charge in [0.15, 0.2) is 17.5 Å². The molecule has 1 aromatic carbocycles. The standard InChI is InChI=1S/C20H26ClN3S/c1-14(2)10-13-24(16(4)17-8-11-22-12-9-17)20(25)23-19-7-5-6-18(21)15(19)3/h5-9,11-12,14,16H,10,13H2,1-4H3,(H,23,25)/p+1. The SMILES string of the molecule is Cc1c(Cl)cccc1NC(=S)N(CCC(C)C)C(C)c1cc[nH+]cc1. The van der Waals surface area contributed by atoms with Crippen molar-refractivity contribution in [3.63, 3.8) is 0 Å². The lowest BCUT2D eigenvalue weighted by Gasteiger charge is -2.33. The van der Waals surface area contributed by atoms with Gasteiger partial charge in [-0.25, -0.2) is 4.98 Å². The number of H-pyrrole nitrogens is 1. The molecule has 3 nitrogen and oxygen atoms in total. The van der Waals surface area contributed by atoms with E-state index in [1.165, 1.54) is 5.56 Å². The van der Waals surface area contributed by atoms with Gasteiger partial charge in [0, 0.05) is 29.4 Å². The van der Waals surface area contributed by atoms with Gasteiger partial charge in [-0.15, -0.1) is 0 Å². The van der Waals surface area contributed by atoms with Crippen LogP contribution in [-0.4, -0.2) is 16.6 Å². The third-order valence-electron chi connectivity index (χ3n) is 4.41. The number of halogens is 1. The zero-order chi connectivity index (χ0) is 18.4. The Morgan fingerprint density at radius 2 is 1.88 bits per heavy atom. The zero-order valence-electron chi connectivity index (χ0n) is 15.3. The van der Waals surface area contributed by atoms with Crippen molar-refractivity contribution in [3.8, 4) is 0 Å². The summed E-state index contributed by atoms with van der Waals surface area (Å²) in [5, 5.41) is 4.86. The highest BCUT2D eigenvalue weighted by molar-refractivity contribution is 7.80. The van der Waals surface area contributed by atoms with Crippen molar-refractivity contribution in [2.75, 3.05) is 11.9 Å². The van der Waals surface area contributed by atoms with Crippen LogP contribution in [0, 0.1) is 12.8 Å². The minimum atomic E-state index is 0.188. The summed E-state index contributed by atoms with van der Waals surface area (Å²) in [5.41, 5.74) is 3.20. The number of hydrogen-bond donors (Lipinski definition) is 1. The third kappa shape index (κ3) is 5.41. The molecule has 0 amide bonds. The van der Waals surface area contributed by atoms with Gasteiger partial charge in [-0.2, -0.15) is 0 Å². The summed E-state index contributed by atoms with van der Waals surface area (Å²) in [4.78, 5) is 5.33. The van der Waals surface area contributed by atoms with Crippen molar-refractivity contribution in [2.45, 2.75) is 40.2 Å². The Balaban J connectivity index is 2.21. The number of benzene rings is 1. The summed E-state index contributed by atoms with van der Waals surface area (Å²) < 4.78 is 0. The molecule has 0 aliphatic rings. The van der Waals surface area contributed by atoms with Gasteiger partial charge >= 0.3 is 0 Å². The Hall–Kier alpha value is -1.65. The van der Waals surface area contributed by atoms with Crippen LogP contribution in [0.15, 0.2) is 42.7 Å². The van der Waals surface area contributed by atoms with Crippen molar-refractivity contribution in [2.24, 2.45) is 5.92 Å². The van der Waals surface area contributed by atoms with E-state index in [9.17, 15) is 0 Å². The number of aromatic amines is 1. The second-order valence-electron chi connectivity index (χ2n) is 6.73. The van der Waals surface area contributed by atoms with Gasteiger partial charge in [0.1, 0.15) is 0 Å². The Morgan fingerprint density at radius 1 is 1.20 bits per heavy atom. The molecule has 2 aromatic rings. The average molecular weight is 377 g/mol. The normalized spacial score (nSPS) is 12.1. The fraction of sp³-hybridized carbons (Fsp3) is 0.400. The number of thiocarbonyl (C=S) groups is 1. The van der Waals surface area contributed by atoms with Crippen LogP contribution in [-0.2, 0) is 0 Å². The molecule has 2 N–H and O–H groups in total. The molecule has 1 atom stereocenters. The van der Waals surface area contributed by atoms with Crippen LogP contribution in [0.1, 0.15) is 44.4 Å². The Morgan fingerprint density at radius 3 is 2.52 bits per heavy atom. The van der Waals surface area contributed by atoms with Crippen molar-refractivity contribution in [1.29, 1.82) is 0 Å². The van der Waals surface area contributed by atoms with E-state index in [2.05, 4.69) is 48.1 Å². The van der Waals surface area contributed by atoms with Gasteiger partial charge in [-0.3, -0.25) is 0 Å². The smallest absolute Gasteiger partial charge is 0.173 e. The first-order valence-corrected chi connectivity index (χ1v) is 9.47. The maximum absolute atomic E-state index is 6.24. The molecule has 25 heavy (non-hydrogen) atoms. The van der Waals surface area contributed by atoms with Gasteiger partial charge in [0.2, 0.25) is 0 Å². The molecule has 0 fully saturated rings. The molecule has 0 saturated heterocycles. The van der Waals surface area contributed by atoms with Gasteiger partial charge in [-0.1, -0.05) is 31.5 Å². The lowest BCUT2D eigenvalue weighted by atomic mass is 10.1. The summed E-state index contributed by atoms with van der Waals surface area (Å²) in [5.74, 6) is 0.620. The van der Waals surface area contributed by atoms with E-state index in [-0.39, 0.29) is 6.04 Å². The maximum atomic E-state index is 6.24. The fourth-order valence-electron chi connectivity index (χ4n) is 2.66. The molecule has 2 rings (SSSR count). The predicted molar refractivity (Wildman–Crippen MR) is 110 cm³/mol. The molecule has 0 saturated carbocycles. The van der Waals surface area contributed by atoms with Crippen LogP contribution in [0.25, 0.3) is 0 Å². The average Bonchev–Trinajstić information content (AvgIpc) is 2.59. The van der Waals surface area contributed by atoms with E-state index < -0.39 is 0 Å². The summed E-state index contributed by atoms with van der Waals surface area (Å²) in [7, 11) is 0. The summed E-state index contributed by atoms with van der Waals surface area (Å²) >= 11 is 12.0. The molecule has 134 valence electrons. The second-order valence-corrected chi connectivity index (χ2v) is 7.52. The summed E-state index contributed by atoms with van der Waals surface area (Å²) in [6.07, 6.45) is 4.98. The molecule has 0 bridgehead atoms. The van der Waals surface area contributed by atoms with E-state index in [1.54, 1.807) is 0 Å². The first-order valence-electron chi connectivity index (χ1n) is 8.69. The van der Waals surface area contributed by atoms with Crippen LogP contribution in [0.3, 0.4) is 0 Å². The van der Waals surface area contributed by atoms with Gasteiger partial charge in [0.05, 0.1) is 6.04 Å².